The van der Waals surface area contributed by atoms with E-state index in [0.717, 1.165) is 0 Å². The molecule has 0 radical (unpaired) electrons. The summed E-state index contributed by atoms with van der Waals surface area (Å²) in [5.41, 5.74) is 0.565. The Morgan fingerprint density at radius 1 is 1.41 bits per heavy atom. The van der Waals surface area contributed by atoms with Crippen LogP contribution in [0.5, 0.6) is 0 Å². The molecule has 0 fully saturated rings. The number of carbonyl (C=O) groups excluding carboxylic acids is 2. The van der Waals surface area contributed by atoms with Gasteiger partial charge < -0.3 is 9.64 Å². The number of rotatable bonds is 3. The fraction of sp³-hybridized carbons (Fsp3) is 0.250. The maximum absolute atomic E-state index is 11.9. The summed E-state index contributed by atoms with van der Waals surface area (Å²) in [7, 11) is 2.73. The average Bonchev–Trinajstić information content (AvgIpc) is 2.37. The van der Waals surface area contributed by atoms with Gasteiger partial charge in [-0.1, -0.05) is 12.1 Å². The minimum absolute atomic E-state index is 0.144. The lowest BCUT2D eigenvalue weighted by molar-refractivity contribution is -0.141. The molecular formula is C12H12N2O3. The molecule has 0 saturated carbocycles. The first-order valence-electron chi connectivity index (χ1n) is 4.91. The molecule has 0 spiro atoms. The highest BCUT2D eigenvalue weighted by Crippen LogP contribution is 2.09. The summed E-state index contributed by atoms with van der Waals surface area (Å²) in [6.45, 7) is -0.144. The highest BCUT2D eigenvalue weighted by molar-refractivity contribution is 5.97. The normalized spacial score (nSPS) is 9.24. The second kappa shape index (κ2) is 5.66. The second-order valence-corrected chi connectivity index (χ2v) is 3.39. The number of hydrogen-bond acceptors (Lipinski definition) is 4. The van der Waals surface area contributed by atoms with Crippen LogP contribution in [0, 0.1) is 11.3 Å². The minimum atomic E-state index is -0.504. The van der Waals surface area contributed by atoms with Crippen molar-refractivity contribution >= 4 is 11.9 Å². The van der Waals surface area contributed by atoms with Crippen molar-refractivity contribution in [2.75, 3.05) is 20.7 Å². The van der Waals surface area contributed by atoms with Gasteiger partial charge in [-0.25, -0.2) is 0 Å². The Balaban J connectivity index is 2.90. The van der Waals surface area contributed by atoms with Gasteiger partial charge >= 0.3 is 5.97 Å². The van der Waals surface area contributed by atoms with Gasteiger partial charge in [0.05, 0.1) is 24.3 Å². The summed E-state index contributed by atoms with van der Waals surface area (Å²) in [5, 5.41) is 8.86. The Kier molecular flexibility index (Phi) is 4.23. The Morgan fingerprint density at radius 2 is 2.06 bits per heavy atom. The molecule has 0 aromatic heterocycles. The molecule has 0 atom stereocenters. The average molecular weight is 232 g/mol. The predicted octanol–water partition coefficient (Wildman–Crippen LogP) is 0.803. The van der Waals surface area contributed by atoms with Crippen molar-refractivity contribution in [3.63, 3.8) is 0 Å². The van der Waals surface area contributed by atoms with E-state index in [9.17, 15) is 9.59 Å². The molecule has 0 aliphatic carbocycles. The van der Waals surface area contributed by atoms with Gasteiger partial charge in [0.1, 0.15) is 6.54 Å². The molecule has 17 heavy (non-hydrogen) atoms. The van der Waals surface area contributed by atoms with Crippen LogP contribution in [-0.2, 0) is 9.53 Å². The van der Waals surface area contributed by atoms with Gasteiger partial charge in [0.2, 0.25) is 0 Å². The number of nitrogens with zero attached hydrogens (tertiary/aromatic N) is 2. The number of nitriles is 1. The third-order valence-corrected chi connectivity index (χ3v) is 2.22. The lowest BCUT2D eigenvalue weighted by atomic mass is 10.1. The van der Waals surface area contributed by atoms with E-state index < -0.39 is 5.97 Å². The van der Waals surface area contributed by atoms with E-state index in [1.54, 1.807) is 24.3 Å². The van der Waals surface area contributed by atoms with E-state index >= 15 is 0 Å². The van der Waals surface area contributed by atoms with E-state index in [0.29, 0.717) is 0 Å². The standard InChI is InChI=1S/C12H12N2O3/c1-14(8-11(15)17-2)12(16)10-6-4-3-5-9(10)7-13/h3-6H,8H2,1-2H3. The lowest BCUT2D eigenvalue weighted by Crippen LogP contribution is -2.33. The summed E-state index contributed by atoms with van der Waals surface area (Å²) < 4.78 is 4.47. The molecule has 1 aromatic carbocycles. The van der Waals surface area contributed by atoms with E-state index in [2.05, 4.69) is 4.74 Å². The molecule has 0 bridgehead atoms. The van der Waals surface area contributed by atoms with Crippen molar-refractivity contribution in [2.24, 2.45) is 0 Å². The number of carbonyl (C=O) groups is 2. The number of likely N-dealkylation sites (N-methyl/N-ethyl adjacent to an activating group) is 1. The van der Waals surface area contributed by atoms with Crippen LogP contribution in [0.15, 0.2) is 24.3 Å². The highest BCUT2D eigenvalue weighted by atomic mass is 16.5. The molecule has 1 rings (SSSR count). The molecule has 0 aliphatic heterocycles. The summed E-state index contributed by atoms with van der Waals surface area (Å²) in [6.07, 6.45) is 0. The van der Waals surface area contributed by atoms with Gasteiger partial charge in [0, 0.05) is 7.05 Å². The maximum atomic E-state index is 11.9. The monoisotopic (exact) mass is 232 g/mol. The maximum Gasteiger partial charge on any atom is 0.325 e. The minimum Gasteiger partial charge on any atom is -0.468 e. The first kappa shape index (κ1) is 12.7. The molecule has 88 valence electrons. The summed E-state index contributed by atoms with van der Waals surface area (Å²) in [6, 6.07) is 8.38. The Bertz CT molecular complexity index is 477. The van der Waals surface area contributed by atoms with Gasteiger partial charge in [0.25, 0.3) is 5.91 Å². The number of methoxy groups -OCH3 is 1. The van der Waals surface area contributed by atoms with Crippen molar-refractivity contribution < 1.29 is 14.3 Å². The number of amides is 1. The molecule has 0 aliphatic rings. The van der Waals surface area contributed by atoms with Crippen LogP contribution in [0.2, 0.25) is 0 Å². The number of hydrogen-bond donors (Lipinski definition) is 0. The first-order valence-corrected chi connectivity index (χ1v) is 4.91. The van der Waals surface area contributed by atoms with Gasteiger partial charge in [-0.2, -0.15) is 5.26 Å². The first-order chi connectivity index (χ1) is 8.10. The molecule has 0 heterocycles. The number of esters is 1. The third-order valence-electron chi connectivity index (χ3n) is 2.22. The van der Waals surface area contributed by atoms with E-state index in [1.807, 2.05) is 6.07 Å². The molecule has 0 unspecified atom stereocenters. The van der Waals surface area contributed by atoms with E-state index in [-0.39, 0.29) is 23.6 Å². The zero-order valence-electron chi connectivity index (χ0n) is 9.64. The molecule has 5 heteroatoms. The van der Waals surface area contributed by atoms with Crippen LogP contribution in [0.3, 0.4) is 0 Å². The molecule has 1 amide bonds. The zero-order valence-corrected chi connectivity index (χ0v) is 9.64. The highest BCUT2D eigenvalue weighted by Gasteiger charge is 2.17. The molecule has 1 aromatic rings. The van der Waals surface area contributed by atoms with Gasteiger partial charge in [-0.05, 0) is 12.1 Å². The van der Waals surface area contributed by atoms with Gasteiger partial charge in [-0.15, -0.1) is 0 Å². The summed E-state index contributed by atoms with van der Waals surface area (Å²) >= 11 is 0. The smallest absolute Gasteiger partial charge is 0.325 e. The quantitative estimate of drug-likeness (QED) is 0.723. The Labute approximate surface area is 99.2 Å². The van der Waals surface area contributed by atoms with Gasteiger partial charge in [0.15, 0.2) is 0 Å². The Morgan fingerprint density at radius 3 is 2.65 bits per heavy atom. The van der Waals surface area contributed by atoms with Crippen molar-refractivity contribution in [3.8, 4) is 6.07 Å². The SMILES string of the molecule is COC(=O)CN(C)C(=O)c1ccccc1C#N. The summed E-state index contributed by atoms with van der Waals surface area (Å²) in [5.74, 6) is -0.886. The van der Waals surface area contributed by atoms with Crippen LogP contribution in [0.25, 0.3) is 0 Å². The zero-order chi connectivity index (χ0) is 12.8. The van der Waals surface area contributed by atoms with E-state index in [4.69, 9.17) is 5.26 Å². The van der Waals surface area contributed by atoms with Crippen LogP contribution in [-0.4, -0.2) is 37.5 Å². The van der Waals surface area contributed by atoms with E-state index in [1.165, 1.54) is 19.1 Å². The lowest BCUT2D eigenvalue weighted by Gasteiger charge is -2.16. The Hall–Kier alpha value is -2.35. The molecule has 0 N–H and O–H groups in total. The molecule has 0 saturated heterocycles. The molecular weight excluding hydrogens is 220 g/mol. The van der Waals surface area contributed by atoms with Crippen LogP contribution >= 0.6 is 0 Å². The fourth-order valence-corrected chi connectivity index (χ4v) is 1.30. The largest absolute Gasteiger partial charge is 0.468 e. The third kappa shape index (κ3) is 3.05. The topological polar surface area (TPSA) is 70.4 Å². The van der Waals surface area contributed by atoms with Crippen LogP contribution in [0.4, 0.5) is 0 Å². The number of benzene rings is 1. The molecule has 5 nitrogen and oxygen atoms in total. The predicted molar refractivity (Wildman–Crippen MR) is 60.1 cm³/mol. The van der Waals surface area contributed by atoms with Crippen molar-refractivity contribution in [1.29, 1.82) is 5.26 Å². The van der Waals surface area contributed by atoms with Gasteiger partial charge in [-0.3, -0.25) is 9.59 Å². The van der Waals surface area contributed by atoms with Crippen molar-refractivity contribution in [3.05, 3.63) is 35.4 Å². The second-order valence-electron chi connectivity index (χ2n) is 3.39. The van der Waals surface area contributed by atoms with Crippen LogP contribution < -0.4 is 0 Å². The number of ether oxygens (including phenoxy) is 1. The van der Waals surface area contributed by atoms with Crippen LogP contribution in [0.1, 0.15) is 15.9 Å². The van der Waals surface area contributed by atoms with Crippen molar-refractivity contribution in [1.82, 2.24) is 4.90 Å². The van der Waals surface area contributed by atoms with Crippen molar-refractivity contribution in [2.45, 2.75) is 0 Å². The fourth-order valence-electron chi connectivity index (χ4n) is 1.30. The summed E-state index contributed by atoms with van der Waals surface area (Å²) in [4.78, 5) is 24.2.